The fourth-order valence-electron chi connectivity index (χ4n) is 3.86. The molecule has 0 aliphatic heterocycles. The average Bonchev–Trinajstić information content (AvgIpc) is 3.17. The van der Waals surface area contributed by atoms with Gasteiger partial charge in [0.05, 0.1) is 18.1 Å². The molecule has 4 aromatic rings. The summed E-state index contributed by atoms with van der Waals surface area (Å²) in [6.45, 7) is 5.42. The van der Waals surface area contributed by atoms with Crippen LogP contribution in [0.15, 0.2) is 47.9 Å². The minimum absolute atomic E-state index is 0.0141. The molecule has 4 rings (SSSR count). The van der Waals surface area contributed by atoms with Gasteiger partial charge in [0.2, 0.25) is 0 Å². The Hall–Kier alpha value is -3.47. The van der Waals surface area contributed by atoms with Crippen LogP contribution in [0.4, 0.5) is 17.6 Å². The third-order valence-electron chi connectivity index (χ3n) is 5.48. The lowest BCUT2D eigenvalue weighted by atomic mass is 10.1. The summed E-state index contributed by atoms with van der Waals surface area (Å²) in [6, 6.07) is 6.90. The quantitative estimate of drug-likeness (QED) is 0.172. The number of aromatic nitrogens is 4. The number of halogens is 4. The number of nitrogens with zero attached hydrogens (tertiary/aromatic N) is 4. The standard InChI is InChI=1S/C25H22F4N4O2S/c1-13(2)33-11-18(16-6-14(3)31-21(8-16)25(27,28)29)23-20(33)10-30-24(32-23)36-12-15-4-5-19(26)17(7-15)9-22(34)35/h4-8,10-11,13H,9,12H2,1-3H3,(H,34,35). The van der Waals surface area contributed by atoms with Crippen molar-refractivity contribution in [3.63, 3.8) is 0 Å². The average molecular weight is 519 g/mol. The number of thioether (sulfide) groups is 1. The highest BCUT2D eigenvalue weighted by Gasteiger charge is 2.33. The van der Waals surface area contributed by atoms with Gasteiger partial charge in [0.25, 0.3) is 0 Å². The van der Waals surface area contributed by atoms with E-state index in [-0.39, 0.29) is 17.3 Å². The molecule has 1 N–H and O–H groups in total. The minimum atomic E-state index is -4.58. The molecule has 0 saturated heterocycles. The van der Waals surface area contributed by atoms with Gasteiger partial charge in [-0.05, 0) is 55.7 Å². The first-order valence-corrected chi connectivity index (χ1v) is 12.0. The molecule has 3 aromatic heterocycles. The lowest BCUT2D eigenvalue weighted by molar-refractivity contribution is -0.141. The fraction of sp³-hybridized carbons (Fsp3) is 0.280. The number of carbonyl (C=O) groups is 1. The van der Waals surface area contributed by atoms with Crippen molar-refractivity contribution in [1.82, 2.24) is 19.5 Å². The van der Waals surface area contributed by atoms with Gasteiger partial charge in [-0.15, -0.1) is 0 Å². The van der Waals surface area contributed by atoms with E-state index < -0.39 is 30.1 Å². The van der Waals surface area contributed by atoms with Crippen LogP contribution in [0.1, 0.15) is 42.4 Å². The summed E-state index contributed by atoms with van der Waals surface area (Å²) in [5.41, 5.74) is 2.11. The first kappa shape index (κ1) is 25.6. The Balaban J connectivity index is 1.72. The van der Waals surface area contributed by atoms with Gasteiger partial charge >= 0.3 is 12.1 Å². The maximum absolute atomic E-state index is 13.9. The third kappa shape index (κ3) is 5.51. The zero-order valence-corrected chi connectivity index (χ0v) is 20.4. The molecule has 0 unspecified atom stereocenters. The number of rotatable bonds is 7. The zero-order valence-electron chi connectivity index (χ0n) is 19.6. The molecule has 188 valence electrons. The number of carboxylic acids is 1. The van der Waals surface area contributed by atoms with Crippen molar-refractivity contribution in [2.45, 2.75) is 50.3 Å². The first-order valence-electron chi connectivity index (χ1n) is 11.0. The number of fused-ring (bicyclic) bond motifs is 1. The van der Waals surface area contributed by atoms with E-state index in [4.69, 9.17) is 5.11 Å². The number of aryl methyl sites for hydroxylation is 1. The summed E-state index contributed by atoms with van der Waals surface area (Å²) in [6.07, 6.45) is -1.61. The number of pyridine rings is 1. The molecule has 0 aliphatic carbocycles. The topological polar surface area (TPSA) is 80.9 Å². The van der Waals surface area contributed by atoms with E-state index >= 15 is 0 Å². The van der Waals surface area contributed by atoms with Crippen molar-refractivity contribution in [1.29, 1.82) is 0 Å². The Kier molecular flexibility index (Phi) is 7.03. The third-order valence-corrected chi connectivity index (χ3v) is 6.41. The molecular weight excluding hydrogens is 496 g/mol. The number of alkyl halides is 3. The number of aliphatic carboxylic acids is 1. The predicted molar refractivity (Wildman–Crippen MR) is 128 cm³/mol. The Morgan fingerprint density at radius 1 is 1.17 bits per heavy atom. The smallest absolute Gasteiger partial charge is 0.433 e. The summed E-state index contributed by atoms with van der Waals surface area (Å²) in [5.74, 6) is -1.37. The van der Waals surface area contributed by atoms with Crippen LogP contribution in [0.25, 0.3) is 22.2 Å². The van der Waals surface area contributed by atoms with Crippen LogP contribution >= 0.6 is 11.8 Å². The molecule has 6 nitrogen and oxygen atoms in total. The zero-order chi connectivity index (χ0) is 26.2. The number of carboxylic acid groups (broad SMARTS) is 1. The van der Waals surface area contributed by atoms with Crippen molar-refractivity contribution in [2.75, 3.05) is 0 Å². The second kappa shape index (κ2) is 9.88. The maximum atomic E-state index is 13.9. The molecule has 36 heavy (non-hydrogen) atoms. The van der Waals surface area contributed by atoms with Gasteiger partial charge in [-0.1, -0.05) is 23.9 Å². The SMILES string of the molecule is Cc1cc(-c2cn(C(C)C)c3cnc(SCc4ccc(F)c(CC(=O)O)c4)nc23)cc(C(F)(F)F)n1. The van der Waals surface area contributed by atoms with Gasteiger partial charge in [-0.3, -0.25) is 4.79 Å². The second-order valence-electron chi connectivity index (χ2n) is 8.60. The lowest BCUT2D eigenvalue weighted by Gasteiger charge is -2.09. The van der Waals surface area contributed by atoms with Crippen molar-refractivity contribution >= 4 is 28.8 Å². The molecule has 0 fully saturated rings. The van der Waals surface area contributed by atoms with Gasteiger partial charge < -0.3 is 9.67 Å². The van der Waals surface area contributed by atoms with Crippen LogP contribution in [0, 0.1) is 12.7 Å². The number of benzene rings is 1. The number of hydrogen-bond donors (Lipinski definition) is 1. The van der Waals surface area contributed by atoms with Crippen LogP contribution in [-0.4, -0.2) is 30.6 Å². The first-order chi connectivity index (χ1) is 16.9. The number of hydrogen-bond acceptors (Lipinski definition) is 5. The normalized spacial score (nSPS) is 12.0. The van der Waals surface area contributed by atoms with Crippen LogP contribution in [-0.2, 0) is 23.1 Å². The molecule has 0 saturated carbocycles. The molecule has 0 radical (unpaired) electrons. The predicted octanol–water partition coefficient (Wildman–Crippen LogP) is 6.46. The summed E-state index contributed by atoms with van der Waals surface area (Å²) in [4.78, 5) is 23.6. The molecule has 0 spiro atoms. The fourth-order valence-corrected chi connectivity index (χ4v) is 4.62. The minimum Gasteiger partial charge on any atom is -0.481 e. The van der Waals surface area contributed by atoms with Crippen molar-refractivity contribution in [2.24, 2.45) is 0 Å². The monoisotopic (exact) mass is 518 g/mol. The van der Waals surface area contributed by atoms with E-state index in [0.29, 0.717) is 38.6 Å². The van der Waals surface area contributed by atoms with Crippen molar-refractivity contribution < 1.29 is 27.5 Å². The van der Waals surface area contributed by atoms with Gasteiger partial charge in [0.1, 0.15) is 17.0 Å². The molecule has 3 heterocycles. The highest BCUT2D eigenvalue weighted by Crippen LogP contribution is 2.36. The summed E-state index contributed by atoms with van der Waals surface area (Å²) in [7, 11) is 0. The van der Waals surface area contributed by atoms with Gasteiger partial charge in [0, 0.05) is 29.2 Å². The molecule has 11 heteroatoms. The Bertz CT molecular complexity index is 1450. The molecular formula is C25H22F4N4O2S. The Morgan fingerprint density at radius 3 is 2.58 bits per heavy atom. The van der Waals surface area contributed by atoms with Crippen LogP contribution in [0.2, 0.25) is 0 Å². The summed E-state index contributed by atoms with van der Waals surface area (Å²) >= 11 is 1.26. The molecule has 0 bridgehead atoms. The molecule has 1 aromatic carbocycles. The molecule has 0 amide bonds. The van der Waals surface area contributed by atoms with E-state index in [1.807, 2.05) is 18.4 Å². The largest absolute Gasteiger partial charge is 0.481 e. The molecule has 0 atom stereocenters. The van der Waals surface area contributed by atoms with E-state index in [0.717, 1.165) is 6.07 Å². The lowest BCUT2D eigenvalue weighted by Crippen LogP contribution is -2.08. The molecule has 0 aliphatic rings. The second-order valence-corrected chi connectivity index (χ2v) is 9.54. The van der Waals surface area contributed by atoms with E-state index in [9.17, 15) is 22.4 Å². The van der Waals surface area contributed by atoms with E-state index in [1.165, 1.54) is 30.8 Å². The van der Waals surface area contributed by atoms with Gasteiger partial charge in [-0.2, -0.15) is 13.2 Å². The van der Waals surface area contributed by atoms with E-state index in [1.54, 1.807) is 24.5 Å². The van der Waals surface area contributed by atoms with Crippen LogP contribution < -0.4 is 0 Å². The van der Waals surface area contributed by atoms with Crippen LogP contribution in [0.5, 0.6) is 0 Å². The highest BCUT2D eigenvalue weighted by atomic mass is 32.2. The van der Waals surface area contributed by atoms with Gasteiger partial charge in [0.15, 0.2) is 5.16 Å². The van der Waals surface area contributed by atoms with Gasteiger partial charge in [-0.25, -0.2) is 19.3 Å². The highest BCUT2D eigenvalue weighted by molar-refractivity contribution is 7.98. The maximum Gasteiger partial charge on any atom is 0.433 e. The van der Waals surface area contributed by atoms with Crippen molar-refractivity contribution in [3.8, 4) is 11.1 Å². The van der Waals surface area contributed by atoms with Crippen LogP contribution in [0.3, 0.4) is 0 Å². The van der Waals surface area contributed by atoms with E-state index in [2.05, 4.69) is 15.0 Å². The Morgan fingerprint density at radius 2 is 1.92 bits per heavy atom. The van der Waals surface area contributed by atoms with Crippen molar-refractivity contribution in [3.05, 3.63) is 71.1 Å². The Labute approximate surface area is 208 Å². The summed E-state index contributed by atoms with van der Waals surface area (Å²) in [5, 5.41) is 9.36. The summed E-state index contributed by atoms with van der Waals surface area (Å²) < 4.78 is 56.0.